The molecule has 0 spiro atoms. The van der Waals surface area contributed by atoms with Crippen LogP contribution < -0.4 is 0 Å². The van der Waals surface area contributed by atoms with Crippen molar-refractivity contribution < 1.29 is 5.11 Å². The van der Waals surface area contributed by atoms with E-state index in [0.717, 1.165) is 18.8 Å². The van der Waals surface area contributed by atoms with Gasteiger partial charge in [-0.3, -0.25) is 4.90 Å². The number of hydrogen-bond donors (Lipinski definition) is 1. The van der Waals surface area contributed by atoms with Gasteiger partial charge in [-0.15, -0.1) is 0 Å². The van der Waals surface area contributed by atoms with Crippen molar-refractivity contribution in [3.05, 3.63) is 0 Å². The minimum absolute atomic E-state index is 0.101. The Kier molecular flexibility index (Phi) is 3.84. The molecule has 1 aliphatic heterocycles. The van der Waals surface area contributed by atoms with Crippen molar-refractivity contribution in [2.75, 3.05) is 6.54 Å². The molecule has 2 nitrogen and oxygen atoms in total. The molecule has 2 heteroatoms. The summed E-state index contributed by atoms with van der Waals surface area (Å²) in [6.07, 6.45) is 5.86. The quantitative estimate of drug-likeness (QED) is 0.760. The second-order valence-electron chi connectivity index (χ2n) is 7.14. The van der Waals surface area contributed by atoms with Gasteiger partial charge in [-0.05, 0) is 56.9 Å². The van der Waals surface area contributed by atoms with Gasteiger partial charge in [-0.2, -0.15) is 0 Å². The topological polar surface area (TPSA) is 23.5 Å². The number of aliphatic hydroxyl groups is 1. The minimum Gasteiger partial charge on any atom is -0.391 e. The smallest absolute Gasteiger partial charge is 0.0695 e. The highest BCUT2D eigenvalue weighted by Gasteiger charge is 2.40. The van der Waals surface area contributed by atoms with E-state index in [-0.39, 0.29) is 6.10 Å². The molecule has 2 rings (SSSR count). The number of likely N-dealkylation sites (tertiary alicyclic amines) is 1. The summed E-state index contributed by atoms with van der Waals surface area (Å²) in [6, 6.07) is 1.04. The van der Waals surface area contributed by atoms with E-state index in [2.05, 4.69) is 32.6 Å². The first-order valence-corrected chi connectivity index (χ1v) is 7.34. The summed E-state index contributed by atoms with van der Waals surface area (Å²) in [5, 5.41) is 10.3. The molecule has 100 valence electrons. The monoisotopic (exact) mass is 239 g/mol. The van der Waals surface area contributed by atoms with Crippen LogP contribution in [0.15, 0.2) is 0 Å². The van der Waals surface area contributed by atoms with Gasteiger partial charge in [0.2, 0.25) is 0 Å². The average Bonchev–Trinajstić information content (AvgIpc) is 2.26. The van der Waals surface area contributed by atoms with Crippen molar-refractivity contribution in [1.82, 2.24) is 4.90 Å². The molecule has 0 amide bonds. The molecular formula is C15H29NO. The van der Waals surface area contributed by atoms with E-state index < -0.39 is 0 Å². The van der Waals surface area contributed by atoms with Crippen LogP contribution in [0.1, 0.15) is 59.8 Å². The Morgan fingerprint density at radius 1 is 1.18 bits per heavy atom. The Morgan fingerprint density at radius 2 is 1.88 bits per heavy atom. The molecule has 0 aromatic heterocycles. The van der Waals surface area contributed by atoms with Gasteiger partial charge in [0.05, 0.1) is 6.10 Å². The first kappa shape index (κ1) is 13.4. The van der Waals surface area contributed by atoms with Crippen LogP contribution in [0.2, 0.25) is 0 Å². The van der Waals surface area contributed by atoms with Gasteiger partial charge < -0.3 is 5.11 Å². The number of nitrogens with zero attached hydrogens (tertiary/aromatic N) is 1. The predicted molar refractivity (Wildman–Crippen MR) is 72.0 cm³/mol. The fraction of sp³-hybridized carbons (Fsp3) is 1.00. The van der Waals surface area contributed by atoms with Crippen LogP contribution in [0.4, 0.5) is 0 Å². The molecule has 1 N–H and O–H groups in total. The Hall–Kier alpha value is -0.0800. The predicted octanol–water partition coefficient (Wildman–Crippen LogP) is 3.05. The third-order valence-electron chi connectivity index (χ3n) is 5.17. The van der Waals surface area contributed by atoms with Crippen molar-refractivity contribution in [2.45, 2.75) is 78.0 Å². The zero-order valence-corrected chi connectivity index (χ0v) is 11.9. The van der Waals surface area contributed by atoms with Crippen LogP contribution in [0.3, 0.4) is 0 Å². The summed E-state index contributed by atoms with van der Waals surface area (Å²) in [5.41, 5.74) is 0.407. The molecule has 2 fully saturated rings. The lowest BCUT2D eigenvalue weighted by molar-refractivity contribution is -0.0516. The molecule has 1 saturated carbocycles. The number of rotatable bonds is 1. The first-order chi connectivity index (χ1) is 7.91. The maximum absolute atomic E-state index is 10.3. The van der Waals surface area contributed by atoms with Crippen molar-refractivity contribution in [1.29, 1.82) is 0 Å². The van der Waals surface area contributed by atoms with Gasteiger partial charge in [0.25, 0.3) is 0 Å². The van der Waals surface area contributed by atoms with E-state index in [1.54, 1.807) is 0 Å². The maximum atomic E-state index is 10.3. The van der Waals surface area contributed by atoms with Crippen LogP contribution in [0.25, 0.3) is 0 Å². The molecule has 17 heavy (non-hydrogen) atoms. The van der Waals surface area contributed by atoms with Crippen LogP contribution in [0, 0.1) is 11.3 Å². The summed E-state index contributed by atoms with van der Waals surface area (Å²) in [4.78, 5) is 2.60. The SMILES string of the molecule is CC1CCCN(C2CC(C)(C)CCC2O)C1C. The zero-order chi connectivity index (χ0) is 12.6. The number of piperidine rings is 1. The summed E-state index contributed by atoms with van der Waals surface area (Å²) in [5.74, 6) is 0.779. The van der Waals surface area contributed by atoms with Gasteiger partial charge in [-0.25, -0.2) is 0 Å². The molecule has 0 bridgehead atoms. The molecule has 1 heterocycles. The normalized spacial score (nSPS) is 43.6. The Bertz CT molecular complexity index is 264. The molecule has 0 aromatic carbocycles. The lowest BCUT2D eigenvalue weighted by atomic mass is 9.72. The summed E-state index contributed by atoms with van der Waals surface area (Å²) in [7, 11) is 0. The highest BCUT2D eigenvalue weighted by atomic mass is 16.3. The average molecular weight is 239 g/mol. The third-order valence-corrected chi connectivity index (χ3v) is 5.17. The van der Waals surface area contributed by atoms with E-state index in [4.69, 9.17) is 0 Å². The van der Waals surface area contributed by atoms with Crippen LogP contribution in [-0.4, -0.2) is 34.7 Å². The second kappa shape index (κ2) is 4.89. The minimum atomic E-state index is -0.101. The lowest BCUT2D eigenvalue weighted by Crippen LogP contribution is -2.55. The molecular weight excluding hydrogens is 210 g/mol. The lowest BCUT2D eigenvalue weighted by Gasteiger charge is -2.49. The molecule has 0 radical (unpaired) electrons. The van der Waals surface area contributed by atoms with Gasteiger partial charge in [0.15, 0.2) is 0 Å². The van der Waals surface area contributed by atoms with Gasteiger partial charge >= 0.3 is 0 Å². The van der Waals surface area contributed by atoms with Crippen molar-refractivity contribution in [3.8, 4) is 0 Å². The first-order valence-electron chi connectivity index (χ1n) is 7.34. The Morgan fingerprint density at radius 3 is 2.59 bits per heavy atom. The number of aliphatic hydroxyl groups excluding tert-OH is 1. The van der Waals surface area contributed by atoms with E-state index in [1.807, 2.05) is 0 Å². The standard InChI is InChI=1S/C15H29NO/c1-11-6-5-9-16(12(11)2)13-10-15(3,4)8-7-14(13)17/h11-14,17H,5-10H2,1-4H3. The van der Waals surface area contributed by atoms with E-state index in [0.29, 0.717) is 17.5 Å². The molecule has 4 atom stereocenters. The Labute approximate surface area is 106 Å². The van der Waals surface area contributed by atoms with Crippen LogP contribution >= 0.6 is 0 Å². The maximum Gasteiger partial charge on any atom is 0.0695 e. The van der Waals surface area contributed by atoms with Crippen molar-refractivity contribution in [3.63, 3.8) is 0 Å². The van der Waals surface area contributed by atoms with Crippen molar-refractivity contribution >= 4 is 0 Å². The largest absolute Gasteiger partial charge is 0.391 e. The molecule has 2 aliphatic rings. The molecule has 4 unspecified atom stereocenters. The summed E-state index contributed by atoms with van der Waals surface area (Å²) < 4.78 is 0. The van der Waals surface area contributed by atoms with Gasteiger partial charge in [-0.1, -0.05) is 20.8 Å². The fourth-order valence-electron chi connectivity index (χ4n) is 3.71. The van der Waals surface area contributed by atoms with Gasteiger partial charge in [0.1, 0.15) is 0 Å². The van der Waals surface area contributed by atoms with Crippen LogP contribution in [-0.2, 0) is 0 Å². The van der Waals surface area contributed by atoms with Crippen LogP contribution in [0.5, 0.6) is 0 Å². The fourth-order valence-corrected chi connectivity index (χ4v) is 3.71. The molecule has 1 saturated heterocycles. The highest BCUT2D eigenvalue weighted by Crippen LogP contribution is 2.39. The Balaban J connectivity index is 2.08. The van der Waals surface area contributed by atoms with Gasteiger partial charge in [0, 0.05) is 12.1 Å². The van der Waals surface area contributed by atoms with E-state index >= 15 is 0 Å². The summed E-state index contributed by atoms with van der Waals surface area (Å²) in [6.45, 7) is 10.6. The second-order valence-corrected chi connectivity index (χ2v) is 7.14. The van der Waals surface area contributed by atoms with E-state index in [1.165, 1.54) is 25.8 Å². The van der Waals surface area contributed by atoms with E-state index in [9.17, 15) is 5.11 Å². The highest BCUT2D eigenvalue weighted by molar-refractivity contribution is 4.94. The zero-order valence-electron chi connectivity index (χ0n) is 11.9. The summed E-state index contributed by atoms with van der Waals surface area (Å²) >= 11 is 0. The molecule has 1 aliphatic carbocycles. The third kappa shape index (κ3) is 2.85. The molecule has 0 aromatic rings. The number of hydrogen-bond acceptors (Lipinski definition) is 2. The van der Waals surface area contributed by atoms with Crippen molar-refractivity contribution in [2.24, 2.45) is 11.3 Å².